The van der Waals surface area contributed by atoms with E-state index in [9.17, 15) is 4.79 Å². The van der Waals surface area contributed by atoms with Crippen LogP contribution in [0.1, 0.15) is 33.4 Å². The van der Waals surface area contributed by atoms with Gasteiger partial charge in [-0.3, -0.25) is 9.48 Å². The van der Waals surface area contributed by atoms with Gasteiger partial charge in [0.1, 0.15) is 5.52 Å². The van der Waals surface area contributed by atoms with Crippen molar-refractivity contribution in [3.8, 4) is 0 Å². The second-order valence-electron chi connectivity index (χ2n) is 6.74. The van der Waals surface area contributed by atoms with Crippen LogP contribution in [0.25, 0.3) is 21.8 Å². The highest BCUT2D eigenvalue weighted by Crippen LogP contribution is 2.32. The van der Waals surface area contributed by atoms with Crippen molar-refractivity contribution in [3.05, 3.63) is 30.0 Å². The Balaban J connectivity index is 2.27. The Kier molecular flexibility index (Phi) is 3.91. The minimum absolute atomic E-state index is 0.0436. The van der Waals surface area contributed by atoms with Gasteiger partial charge in [0.25, 0.3) is 0 Å². The summed E-state index contributed by atoms with van der Waals surface area (Å²) in [7, 11) is 0. The van der Waals surface area contributed by atoms with Crippen molar-refractivity contribution in [1.29, 1.82) is 0 Å². The number of nitrogens with one attached hydrogen (secondary N) is 1. The highest BCUT2D eigenvalue weighted by molar-refractivity contribution is 6.09. The number of nitrogens with two attached hydrogens (primary N) is 1. The number of hydrogen-bond donors (Lipinski definition) is 2. The van der Waals surface area contributed by atoms with Gasteiger partial charge in [-0.25, -0.2) is 4.98 Å². The summed E-state index contributed by atoms with van der Waals surface area (Å²) in [6, 6.07) is 7.94. The molecule has 6 heteroatoms. The van der Waals surface area contributed by atoms with Gasteiger partial charge in [-0.15, -0.1) is 0 Å². The van der Waals surface area contributed by atoms with E-state index in [1.54, 1.807) is 0 Å². The number of nitrogen functional groups attached to an aromatic ring is 1. The first-order chi connectivity index (χ1) is 11.3. The monoisotopic (exact) mass is 325 g/mol. The third-order valence-corrected chi connectivity index (χ3v) is 4.14. The van der Waals surface area contributed by atoms with Crippen molar-refractivity contribution in [2.45, 2.75) is 46.2 Å². The molecular weight excluding hydrogens is 302 g/mol. The summed E-state index contributed by atoms with van der Waals surface area (Å²) in [6.45, 7) is 8.34. The largest absolute Gasteiger partial charge is 0.382 e. The number of benzene rings is 1. The standard InChI is InChI=1S/C18H23N5O/c1-5-23-14(10-18(3,4)21-11(2)24)15-12-8-6-7-9-13(12)20-17(19)16(15)22-23/h6-9H,5,10H2,1-4H3,(H2,19,20)(H,21,24). The van der Waals surface area contributed by atoms with Crippen molar-refractivity contribution < 1.29 is 4.79 Å². The molecule has 0 fully saturated rings. The molecular formula is C18H23N5O. The zero-order valence-electron chi connectivity index (χ0n) is 14.6. The first-order valence-electron chi connectivity index (χ1n) is 8.15. The van der Waals surface area contributed by atoms with Gasteiger partial charge >= 0.3 is 0 Å². The molecule has 126 valence electrons. The van der Waals surface area contributed by atoms with Crippen LogP contribution in [0.3, 0.4) is 0 Å². The minimum Gasteiger partial charge on any atom is -0.382 e. The number of fused-ring (bicyclic) bond motifs is 3. The summed E-state index contributed by atoms with van der Waals surface area (Å²) in [6.07, 6.45) is 0.657. The Morgan fingerprint density at radius 2 is 2.04 bits per heavy atom. The molecule has 0 radical (unpaired) electrons. The molecule has 3 N–H and O–H groups in total. The second kappa shape index (κ2) is 5.78. The molecule has 24 heavy (non-hydrogen) atoms. The van der Waals surface area contributed by atoms with Crippen LogP contribution in [0, 0.1) is 0 Å². The molecule has 0 spiro atoms. The number of para-hydroxylation sites is 1. The van der Waals surface area contributed by atoms with E-state index >= 15 is 0 Å². The predicted octanol–water partition coefficient (Wildman–Crippen LogP) is 2.64. The SMILES string of the molecule is CCn1nc2c(N)nc3ccccc3c2c1CC(C)(C)NC(C)=O. The van der Waals surface area contributed by atoms with Gasteiger partial charge in [0, 0.05) is 41.9 Å². The topological polar surface area (TPSA) is 85.8 Å². The van der Waals surface area contributed by atoms with E-state index < -0.39 is 0 Å². The van der Waals surface area contributed by atoms with E-state index in [0.717, 1.165) is 34.0 Å². The number of amides is 1. The van der Waals surface area contributed by atoms with Crippen LogP contribution in [0.15, 0.2) is 24.3 Å². The molecule has 0 bridgehead atoms. The number of rotatable bonds is 4. The number of anilines is 1. The van der Waals surface area contributed by atoms with Gasteiger partial charge in [-0.1, -0.05) is 18.2 Å². The van der Waals surface area contributed by atoms with Gasteiger partial charge in [-0.2, -0.15) is 5.10 Å². The van der Waals surface area contributed by atoms with Crippen molar-refractivity contribution in [2.24, 2.45) is 0 Å². The Morgan fingerprint density at radius 3 is 2.71 bits per heavy atom. The average Bonchev–Trinajstić information content (AvgIpc) is 2.85. The van der Waals surface area contributed by atoms with Crippen molar-refractivity contribution in [2.75, 3.05) is 5.73 Å². The molecule has 6 nitrogen and oxygen atoms in total. The van der Waals surface area contributed by atoms with Crippen LogP contribution in [0.2, 0.25) is 0 Å². The summed E-state index contributed by atoms with van der Waals surface area (Å²) in [5.74, 6) is 0.396. The molecule has 0 unspecified atom stereocenters. The van der Waals surface area contributed by atoms with E-state index in [1.165, 1.54) is 6.92 Å². The number of aryl methyl sites for hydroxylation is 1. The highest BCUT2D eigenvalue weighted by atomic mass is 16.1. The summed E-state index contributed by atoms with van der Waals surface area (Å²) in [5.41, 5.74) is 8.41. The molecule has 0 saturated heterocycles. The predicted molar refractivity (Wildman–Crippen MR) is 96.7 cm³/mol. The van der Waals surface area contributed by atoms with Crippen LogP contribution in [-0.4, -0.2) is 26.2 Å². The van der Waals surface area contributed by atoms with Crippen molar-refractivity contribution in [3.63, 3.8) is 0 Å². The zero-order valence-corrected chi connectivity index (χ0v) is 14.6. The van der Waals surface area contributed by atoms with Crippen LogP contribution in [0.4, 0.5) is 5.82 Å². The van der Waals surface area contributed by atoms with E-state index in [-0.39, 0.29) is 11.4 Å². The van der Waals surface area contributed by atoms with Crippen LogP contribution < -0.4 is 11.1 Å². The lowest BCUT2D eigenvalue weighted by atomic mass is 9.95. The van der Waals surface area contributed by atoms with Crippen molar-refractivity contribution in [1.82, 2.24) is 20.1 Å². The molecule has 1 aromatic carbocycles. The average molecular weight is 325 g/mol. The third kappa shape index (κ3) is 2.79. The van der Waals surface area contributed by atoms with Crippen LogP contribution >= 0.6 is 0 Å². The fraction of sp³-hybridized carbons (Fsp3) is 0.389. The fourth-order valence-corrected chi connectivity index (χ4v) is 3.30. The lowest BCUT2D eigenvalue weighted by Crippen LogP contribution is -2.44. The zero-order chi connectivity index (χ0) is 17.5. The fourth-order valence-electron chi connectivity index (χ4n) is 3.30. The first kappa shape index (κ1) is 16.2. The number of hydrogen-bond acceptors (Lipinski definition) is 4. The number of aromatic nitrogens is 3. The Bertz CT molecular complexity index is 926. The molecule has 0 atom stereocenters. The summed E-state index contributed by atoms with van der Waals surface area (Å²) < 4.78 is 1.96. The van der Waals surface area contributed by atoms with Crippen LogP contribution in [0.5, 0.6) is 0 Å². The summed E-state index contributed by atoms with van der Waals surface area (Å²) in [4.78, 5) is 16.0. The molecule has 0 aliphatic carbocycles. The van der Waals surface area contributed by atoms with E-state index in [4.69, 9.17) is 5.73 Å². The molecule has 1 amide bonds. The van der Waals surface area contributed by atoms with E-state index in [1.807, 2.05) is 49.7 Å². The third-order valence-electron chi connectivity index (χ3n) is 4.14. The quantitative estimate of drug-likeness (QED) is 0.772. The second-order valence-corrected chi connectivity index (χ2v) is 6.74. The molecule has 2 aromatic heterocycles. The minimum atomic E-state index is -0.384. The highest BCUT2D eigenvalue weighted by Gasteiger charge is 2.25. The summed E-state index contributed by atoms with van der Waals surface area (Å²) >= 11 is 0. The van der Waals surface area contributed by atoms with E-state index in [0.29, 0.717) is 12.2 Å². The summed E-state index contributed by atoms with van der Waals surface area (Å²) in [5, 5.41) is 9.73. The van der Waals surface area contributed by atoms with Gasteiger partial charge in [0.05, 0.1) is 5.52 Å². The maximum atomic E-state index is 11.5. The Labute approximate surface area is 141 Å². The van der Waals surface area contributed by atoms with Gasteiger partial charge in [0.15, 0.2) is 5.82 Å². The smallest absolute Gasteiger partial charge is 0.217 e. The Hall–Kier alpha value is -2.63. The molecule has 0 saturated carbocycles. The molecule has 2 heterocycles. The number of pyridine rings is 1. The number of carbonyl (C=O) groups is 1. The Morgan fingerprint density at radius 1 is 1.33 bits per heavy atom. The van der Waals surface area contributed by atoms with Crippen LogP contribution in [-0.2, 0) is 17.8 Å². The molecule has 0 aliphatic heterocycles. The number of carbonyl (C=O) groups excluding carboxylic acids is 1. The number of nitrogens with zero attached hydrogens (tertiary/aromatic N) is 3. The molecule has 3 aromatic rings. The van der Waals surface area contributed by atoms with Crippen molar-refractivity contribution >= 4 is 33.5 Å². The van der Waals surface area contributed by atoms with Gasteiger partial charge in [0.2, 0.25) is 5.91 Å². The lowest BCUT2D eigenvalue weighted by molar-refractivity contribution is -0.120. The lowest BCUT2D eigenvalue weighted by Gasteiger charge is -2.26. The maximum Gasteiger partial charge on any atom is 0.217 e. The normalized spacial score (nSPS) is 12.0. The molecule has 0 aliphatic rings. The van der Waals surface area contributed by atoms with E-state index in [2.05, 4.69) is 15.4 Å². The maximum absolute atomic E-state index is 11.5. The first-order valence-corrected chi connectivity index (χ1v) is 8.15. The molecule has 3 rings (SSSR count). The van der Waals surface area contributed by atoms with Gasteiger partial charge in [-0.05, 0) is 26.8 Å². The van der Waals surface area contributed by atoms with Gasteiger partial charge < -0.3 is 11.1 Å².